The van der Waals surface area contributed by atoms with E-state index in [1.165, 1.54) is 6.92 Å². The number of nitrogens with zero attached hydrogens (tertiary/aromatic N) is 2. The number of carbonyl (C=O) groups excluding carboxylic acids is 2. The van der Waals surface area contributed by atoms with E-state index in [4.69, 9.17) is 5.10 Å². The number of amides is 2. The van der Waals surface area contributed by atoms with Gasteiger partial charge < -0.3 is 10.6 Å². The molecule has 1 aliphatic carbocycles. The van der Waals surface area contributed by atoms with Gasteiger partial charge in [0.05, 0.1) is 17.8 Å². The lowest BCUT2D eigenvalue weighted by molar-refractivity contribution is -0.116. The van der Waals surface area contributed by atoms with Crippen LogP contribution >= 0.6 is 0 Å². The van der Waals surface area contributed by atoms with Crippen molar-refractivity contribution >= 4 is 23.3 Å². The Labute approximate surface area is 163 Å². The first-order valence-corrected chi connectivity index (χ1v) is 9.43. The van der Waals surface area contributed by atoms with Crippen LogP contribution in [0.2, 0.25) is 0 Å². The van der Waals surface area contributed by atoms with Gasteiger partial charge in [-0.1, -0.05) is 30.3 Å². The predicted molar refractivity (Wildman–Crippen MR) is 109 cm³/mol. The smallest absolute Gasteiger partial charge is 0.229 e. The average Bonchev–Trinajstić information content (AvgIpc) is 3.26. The number of aromatic nitrogens is 2. The lowest BCUT2D eigenvalue weighted by Gasteiger charge is -2.11. The first kappa shape index (κ1) is 18.0. The molecule has 0 bridgehead atoms. The van der Waals surface area contributed by atoms with Crippen LogP contribution in [0.15, 0.2) is 54.6 Å². The van der Waals surface area contributed by atoms with Crippen molar-refractivity contribution in [3.63, 3.8) is 0 Å². The van der Waals surface area contributed by atoms with Crippen molar-refractivity contribution in [1.82, 2.24) is 9.78 Å². The highest BCUT2D eigenvalue weighted by atomic mass is 16.2. The van der Waals surface area contributed by atoms with Crippen LogP contribution < -0.4 is 10.6 Å². The molecule has 6 heteroatoms. The summed E-state index contributed by atoms with van der Waals surface area (Å²) in [5.74, 6) is 0.575. The second kappa shape index (κ2) is 7.68. The summed E-state index contributed by atoms with van der Waals surface area (Å²) >= 11 is 0. The number of benzene rings is 2. The Morgan fingerprint density at radius 2 is 1.75 bits per heavy atom. The van der Waals surface area contributed by atoms with Gasteiger partial charge in [0.25, 0.3) is 0 Å². The monoisotopic (exact) mass is 374 g/mol. The summed E-state index contributed by atoms with van der Waals surface area (Å²) in [6.45, 7) is 1.47. The minimum atomic E-state index is -0.117. The van der Waals surface area contributed by atoms with Crippen molar-refractivity contribution in [1.29, 1.82) is 0 Å². The fourth-order valence-corrected chi connectivity index (χ4v) is 3.55. The SMILES string of the molecule is CC(=O)Nc1ccc(CC(=O)Nc2c3c(nn2-c2ccccc2)CCC3)cc1. The van der Waals surface area contributed by atoms with Crippen LogP contribution in [0.1, 0.15) is 30.2 Å². The molecule has 3 aromatic rings. The normalized spacial score (nSPS) is 12.5. The second-order valence-corrected chi connectivity index (χ2v) is 6.98. The number of para-hydroxylation sites is 1. The predicted octanol–water partition coefficient (Wildman–Crippen LogP) is 3.50. The summed E-state index contributed by atoms with van der Waals surface area (Å²) in [5.41, 5.74) is 4.74. The van der Waals surface area contributed by atoms with Gasteiger partial charge >= 0.3 is 0 Å². The molecule has 0 unspecified atom stereocenters. The number of rotatable bonds is 5. The molecule has 0 fully saturated rings. The Bertz CT molecular complexity index is 1010. The van der Waals surface area contributed by atoms with E-state index in [-0.39, 0.29) is 18.2 Å². The minimum absolute atomic E-state index is 0.0842. The highest BCUT2D eigenvalue weighted by Crippen LogP contribution is 2.31. The number of nitrogens with one attached hydrogen (secondary N) is 2. The number of aryl methyl sites for hydroxylation is 1. The minimum Gasteiger partial charge on any atom is -0.326 e. The molecule has 28 heavy (non-hydrogen) atoms. The van der Waals surface area contributed by atoms with Gasteiger partial charge in [-0.25, -0.2) is 4.68 Å². The van der Waals surface area contributed by atoms with Gasteiger partial charge in [0, 0.05) is 18.2 Å². The van der Waals surface area contributed by atoms with Crippen LogP contribution in [0, 0.1) is 0 Å². The Morgan fingerprint density at radius 1 is 1.00 bits per heavy atom. The lowest BCUT2D eigenvalue weighted by atomic mass is 10.1. The molecule has 0 aliphatic heterocycles. The average molecular weight is 374 g/mol. The Morgan fingerprint density at radius 3 is 2.46 bits per heavy atom. The van der Waals surface area contributed by atoms with Gasteiger partial charge in [0.15, 0.2) is 0 Å². The molecule has 0 saturated carbocycles. The van der Waals surface area contributed by atoms with E-state index >= 15 is 0 Å². The van der Waals surface area contributed by atoms with Crippen molar-refractivity contribution in [2.75, 3.05) is 10.6 Å². The fourth-order valence-electron chi connectivity index (χ4n) is 3.55. The van der Waals surface area contributed by atoms with Gasteiger partial charge in [0.2, 0.25) is 11.8 Å². The van der Waals surface area contributed by atoms with Crippen LogP contribution in [-0.2, 0) is 28.9 Å². The van der Waals surface area contributed by atoms with E-state index in [0.29, 0.717) is 0 Å². The zero-order valence-corrected chi connectivity index (χ0v) is 15.7. The Kier molecular flexibility index (Phi) is 4.93. The molecule has 0 radical (unpaired) electrons. The molecule has 0 saturated heterocycles. The summed E-state index contributed by atoms with van der Waals surface area (Å²) < 4.78 is 1.83. The van der Waals surface area contributed by atoms with Crippen LogP contribution in [0.4, 0.5) is 11.5 Å². The van der Waals surface area contributed by atoms with Crippen LogP contribution in [0.3, 0.4) is 0 Å². The lowest BCUT2D eigenvalue weighted by Crippen LogP contribution is -2.18. The molecule has 2 aromatic carbocycles. The number of hydrogen-bond donors (Lipinski definition) is 2. The maximum atomic E-state index is 12.7. The molecule has 1 heterocycles. The van der Waals surface area contributed by atoms with Gasteiger partial charge in [-0.15, -0.1) is 0 Å². The largest absolute Gasteiger partial charge is 0.326 e. The van der Waals surface area contributed by atoms with E-state index in [9.17, 15) is 9.59 Å². The Hall–Kier alpha value is -3.41. The van der Waals surface area contributed by atoms with Crippen molar-refractivity contribution in [2.45, 2.75) is 32.6 Å². The molecular formula is C22H22N4O2. The molecule has 2 N–H and O–H groups in total. The first-order valence-electron chi connectivity index (χ1n) is 9.43. The number of fused-ring (bicyclic) bond motifs is 1. The van der Waals surface area contributed by atoms with Gasteiger partial charge in [0.1, 0.15) is 5.82 Å². The molecule has 4 rings (SSSR count). The fraction of sp³-hybridized carbons (Fsp3) is 0.227. The topological polar surface area (TPSA) is 76.0 Å². The van der Waals surface area contributed by atoms with E-state index < -0.39 is 0 Å². The summed E-state index contributed by atoms with van der Waals surface area (Å²) in [6, 6.07) is 17.2. The molecule has 1 aromatic heterocycles. The van der Waals surface area contributed by atoms with Gasteiger partial charge in [-0.3, -0.25) is 9.59 Å². The molecule has 1 aliphatic rings. The summed E-state index contributed by atoms with van der Waals surface area (Å²) in [5, 5.41) is 10.5. The van der Waals surface area contributed by atoms with E-state index in [2.05, 4.69) is 10.6 Å². The molecule has 6 nitrogen and oxygen atoms in total. The summed E-state index contributed by atoms with van der Waals surface area (Å²) in [7, 11) is 0. The van der Waals surface area contributed by atoms with E-state index in [1.54, 1.807) is 12.1 Å². The van der Waals surface area contributed by atoms with Crippen LogP contribution in [0.5, 0.6) is 0 Å². The van der Waals surface area contributed by atoms with E-state index in [1.807, 2.05) is 47.1 Å². The third-order valence-corrected chi connectivity index (χ3v) is 4.80. The first-order chi connectivity index (χ1) is 13.6. The third kappa shape index (κ3) is 3.81. The van der Waals surface area contributed by atoms with Gasteiger partial charge in [-0.05, 0) is 49.1 Å². The second-order valence-electron chi connectivity index (χ2n) is 6.98. The molecule has 2 amide bonds. The number of carbonyl (C=O) groups is 2. The zero-order valence-electron chi connectivity index (χ0n) is 15.7. The molecule has 0 atom stereocenters. The van der Waals surface area contributed by atoms with Crippen molar-refractivity contribution < 1.29 is 9.59 Å². The summed E-state index contributed by atoms with van der Waals surface area (Å²) in [6.07, 6.45) is 3.21. The quantitative estimate of drug-likeness (QED) is 0.718. The molecule has 0 spiro atoms. The third-order valence-electron chi connectivity index (χ3n) is 4.80. The number of hydrogen-bond acceptors (Lipinski definition) is 3. The van der Waals surface area contributed by atoms with Crippen molar-refractivity contribution in [3.05, 3.63) is 71.4 Å². The molecular weight excluding hydrogens is 352 g/mol. The molecule has 142 valence electrons. The summed E-state index contributed by atoms with van der Waals surface area (Å²) in [4.78, 5) is 23.8. The zero-order chi connectivity index (χ0) is 19.5. The van der Waals surface area contributed by atoms with Crippen molar-refractivity contribution in [3.8, 4) is 5.69 Å². The highest BCUT2D eigenvalue weighted by Gasteiger charge is 2.24. The Balaban J connectivity index is 1.52. The van der Waals surface area contributed by atoms with E-state index in [0.717, 1.165) is 53.3 Å². The maximum absolute atomic E-state index is 12.7. The highest BCUT2D eigenvalue weighted by molar-refractivity contribution is 5.93. The van der Waals surface area contributed by atoms with Crippen LogP contribution in [0.25, 0.3) is 5.69 Å². The number of anilines is 2. The van der Waals surface area contributed by atoms with Crippen LogP contribution in [-0.4, -0.2) is 21.6 Å². The standard InChI is InChI=1S/C22H22N4O2/c1-15(27)23-17-12-10-16(11-13-17)14-21(28)24-22-19-8-5-9-20(19)25-26(22)18-6-3-2-4-7-18/h2-4,6-7,10-13H,5,8-9,14H2,1H3,(H,23,27)(H,24,28). The maximum Gasteiger partial charge on any atom is 0.229 e. The van der Waals surface area contributed by atoms with Crippen molar-refractivity contribution in [2.24, 2.45) is 0 Å². The van der Waals surface area contributed by atoms with Gasteiger partial charge in [-0.2, -0.15) is 5.10 Å².